The molecule has 0 aliphatic heterocycles. The number of anilines is 3. The summed E-state index contributed by atoms with van der Waals surface area (Å²) in [5.74, 6) is 2.28. The molecule has 3 N–H and O–H groups in total. The first-order valence-corrected chi connectivity index (χ1v) is 7.81. The molecule has 2 heterocycles. The van der Waals surface area contributed by atoms with Crippen LogP contribution in [0.4, 0.5) is 17.8 Å². The standard InChI is InChI=1S/C7H16N6.C5H9BrN4/c1-12(2)7-10-6(9-5-4-8)11-13(7)3;1-9(2)5-7-4(6)8-10(5)3/h4-5,8H2,1-3H3,(H,9,11);1-3H3. The number of nitrogens with zero attached hydrogens (tertiary/aromatic N) is 8. The van der Waals surface area contributed by atoms with E-state index in [4.69, 9.17) is 5.73 Å². The molecule has 130 valence electrons. The molecule has 0 saturated carbocycles. The molecular weight excluding hydrogens is 364 g/mol. The summed E-state index contributed by atoms with van der Waals surface area (Å²) in [4.78, 5) is 12.2. The number of hydrogen-bond acceptors (Lipinski definition) is 8. The predicted octanol–water partition coefficient (Wildman–Crippen LogP) is -0.105. The highest BCUT2D eigenvalue weighted by Crippen LogP contribution is 2.10. The molecule has 11 heteroatoms. The lowest BCUT2D eigenvalue weighted by Crippen LogP contribution is -2.14. The monoisotopic (exact) mass is 388 g/mol. The minimum absolute atomic E-state index is 0.579. The zero-order chi connectivity index (χ0) is 17.6. The van der Waals surface area contributed by atoms with Crippen molar-refractivity contribution in [3.63, 3.8) is 0 Å². The van der Waals surface area contributed by atoms with Crippen LogP contribution in [0.25, 0.3) is 0 Å². The van der Waals surface area contributed by atoms with Crippen LogP contribution < -0.4 is 20.9 Å². The number of hydrogen-bond donors (Lipinski definition) is 2. The molecule has 0 saturated heterocycles. The van der Waals surface area contributed by atoms with Gasteiger partial charge in [-0.15, -0.1) is 10.2 Å². The van der Waals surface area contributed by atoms with Gasteiger partial charge in [0.2, 0.25) is 22.6 Å². The van der Waals surface area contributed by atoms with E-state index in [1.807, 2.05) is 52.1 Å². The van der Waals surface area contributed by atoms with E-state index in [0.29, 0.717) is 23.8 Å². The van der Waals surface area contributed by atoms with Gasteiger partial charge in [-0.2, -0.15) is 9.97 Å². The van der Waals surface area contributed by atoms with Gasteiger partial charge in [0.25, 0.3) is 0 Å². The fourth-order valence-electron chi connectivity index (χ4n) is 1.76. The molecule has 0 aliphatic carbocycles. The van der Waals surface area contributed by atoms with Crippen LogP contribution in [0, 0.1) is 0 Å². The van der Waals surface area contributed by atoms with Crippen molar-refractivity contribution in [2.45, 2.75) is 0 Å². The topological polar surface area (TPSA) is 106 Å². The smallest absolute Gasteiger partial charge is 0.243 e. The largest absolute Gasteiger partial charge is 0.352 e. The summed E-state index contributed by atoms with van der Waals surface area (Å²) in [6, 6.07) is 0. The van der Waals surface area contributed by atoms with Gasteiger partial charge >= 0.3 is 0 Å². The molecule has 0 unspecified atom stereocenters. The molecule has 23 heavy (non-hydrogen) atoms. The first kappa shape index (κ1) is 19.2. The van der Waals surface area contributed by atoms with Gasteiger partial charge in [-0.25, -0.2) is 9.36 Å². The van der Waals surface area contributed by atoms with Crippen molar-refractivity contribution < 1.29 is 0 Å². The van der Waals surface area contributed by atoms with Crippen LogP contribution in [-0.2, 0) is 14.1 Å². The maximum atomic E-state index is 5.35. The molecule has 0 aromatic carbocycles. The number of nitrogens with two attached hydrogens (primary N) is 1. The van der Waals surface area contributed by atoms with Gasteiger partial charge in [0.1, 0.15) is 0 Å². The second-order valence-electron chi connectivity index (χ2n) is 5.17. The summed E-state index contributed by atoms with van der Waals surface area (Å²) in [5, 5.41) is 11.2. The van der Waals surface area contributed by atoms with Crippen molar-refractivity contribution >= 4 is 33.8 Å². The van der Waals surface area contributed by atoms with Gasteiger partial charge in [0, 0.05) is 55.4 Å². The Hall–Kier alpha value is -1.88. The summed E-state index contributed by atoms with van der Waals surface area (Å²) >= 11 is 3.18. The maximum Gasteiger partial charge on any atom is 0.243 e. The average molecular weight is 389 g/mol. The van der Waals surface area contributed by atoms with E-state index >= 15 is 0 Å². The quantitative estimate of drug-likeness (QED) is 0.730. The summed E-state index contributed by atoms with van der Waals surface area (Å²) in [7, 11) is 11.4. The van der Waals surface area contributed by atoms with Crippen LogP contribution in [0.3, 0.4) is 0 Å². The van der Waals surface area contributed by atoms with Gasteiger partial charge in [0.15, 0.2) is 0 Å². The molecule has 2 aromatic heterocycles. The molecule has 0 fully saturated rings. The Kier molecular flexibility index (Phi) is 7.23. The minimum atomic E-state index is 0.579. The van der Waals surface area contributed by atoms with Crippen LogP contribution in [0.2, 0.25) is 0 Å². The zero-order valence-corrected chi connectivity index (χ0v) is 16.0. The first-order valence-electron chi connectivity index (χ1n) is 7.02. The summed E-state index contributed by atoms with van der Waals surface area (Å²) in [5.41, 5.74) is 5.35. The van der Waals surface area contributed by atoms with E-state index in [0.717, 1.165) is 11.9 Å². The fraction of sp³-hybridized carbons (Fsp3) is 0.667. The van der Waals surface area contributed by atoms with E-state index in [1.54, 1.807) is 9.36 Å². The Balaban J connectivity index is 0.000000238. The third kappa shape index (κ3) is 5.67. The van der Waals surface area contributed by atoms with Gasteiger partial charge in [-0.1, -0.05) is 0 Å². The molecular formula is C12H25BrN10. The fourth-order valence-corrected chi connectivity index (χ4v) is 2.16. The van der Waals surface area contributed by atoms with Crippen LogP contribution >= 0.6 is 15.9 Å². The third-order valence-corrected chi connectivity index (χ3v) is 3.02. The van der Waals surface area contributed by atoms with Gasteiger partial charge < -0.3 is 20.9 Å². The highest BCUT2D eigenvalue weighted by molar-refractivity contribution is 9.10. The summed E-state index contributed by atoms with van der Waals surface area (Å²) in [6.07, 6.45) is 0. The van der Waals surface area contributed by atoms with Crippen molar-refractivity contribution in [2.75, 3.05) is 56.4 Å². The summed E-state index contributed by atoms with van der Waals surface area (Å²) in [6.45, 7) is 1.27. The van der Waals surface area contributed by atoms with Crippen LogP contribution in [0.15, 0.2) is 4.73 Å². The third-order valence-electron chi connectivity index (χ3n) is 2.68. The first-order chi connectivity index (χ1) is 10.8. The van der Waals surface area contributed by atoms with E-state index < -0.39 is 0 Å². The maximum absolute atomic E-state index is 5.35. The number of aromatic nitrogens is 6. The molecule has 0 spiro atoms. The Labute approximate surface area is 144 Å². The second-order valence-corrected chi connectivity index (χ2v) is 5.88. The average Bonchev–Trinajstić information content (AvgIpc) is 2.99. The lowest BCUT2D eigenvalue weighted by Gasteiger charge is -2.08. The number of rotatable bonds is 5. The molecule has 0 bridgehead atoms. The lowest BCUT2D eigenvalue weighted by molar-refractivity contribution is 0.746. The van der Waals surface area contributed by atoms with Crippen LogP contribution in [-0.4, -0.2) is 70.8 Å². The predicted molar refractivity (Wildman–Crippen MR) is 95.9 cm³/mol. The van der Waals surface area contributed by atoms with E-state index in [9.17, 15) is 0 Å². The molecule has 0 amide bonds. The van der Waals surface area contributed by atoms with Gasteiger partial charge in [-0.3, -0.25) is 0 Å². The molecule has 0 radical (unpaired) electrons. The normalized spacial score (nSPS) is 10.1. The van der Waals surface area contributed by atoms with Gasteiger partial charge in [-0.05, 0) is 15.9 Å². The molecule has 2 rings (SSSR count). The number of aryl methyl sites for hydroxylation is 2. The Bertz CT molecular complexity index is 603. The molecule has 10 nitrogen and oxygen atoms in total. The van der Waals surface area contributed by atoms with E-state index in [2.05, 4.69) is 41.4 Å². The van der Waals surface area contributed by atoms with E-state index in [1.165, 1.54) is 0 Å². The second kappa shape index (κ2) is 8.67. The van der Waals surface area contributed by atoms with Crippen molar-refractivity contribution in [1.82, 2.24) is 29.5 Å². The number of nitrogens with one attached hydrogen (secondary N) is 1. The Morgan fingerprint density at radius 1 is 1.00 bits per heavy atom. The number of halogens is 1. The van der Waals surface area contributed by atoms with Crippen molar-refractivity contribution in [3.05, 3.63) is 4.73 Å². The molecule has 0 aliphatic rings. The van der Waals surface area contributed by atoms with Crippen molar-refractivity contribution in [3.8, 4) is 0 Å². The van der Waals surface area contributed by atoms with Crippen molar-refractivity contribution in [1.29, 1.82) is 0 Å². The Morgan fingerprint density at radius 3 is 1.87 bits per heavy atom. The Morgan fingerprint density at radius 2 is 1.52 bits per heavy atom. The molecule has 0 atom stereocenters. The van der Waals surface area contributed by atoms with Gasteiger partial charge in [0.05, 0.1) is 0 Å². The van der Waals surface area contributed by atoms with Crippen LogP contribution in [0.5, 0.6) is 0 Å². The highest BCUT2D eigenvalue weighted by Gasteiger charge is 2.07. The van der Waals surface area contributed by atoms with Crippen molar-refractivity contribution in [2.24, 2.45) is 19.8 Å². The minimum Gasteiger partial charge on any atom is -0.352 e. The molecule has 2 aromatic rings. The summed E-state index contributed by atoms with van der Waals surface area (Å²) < 4.78 is 4.06. The van der Waals surface area contributed by atoms with Crippen LogP contribution in [0.1, 0.15) is 0 Å². The van der Waals surface area contributed by atoms with E-state index in [-0.39, 0.29) is 0 Å². The SMILES string of the molecule is CN(C)c1nc(Br)nn1C.CN(C)c1nc(NCCN)nn1C. The zero-order valence-electron chi connectivity index (χ0n) is 14.4. The lowest BCUT2D eigenvalue weighted by atomic mass is 10.6. The highest BCUT2D eigenvalue weighted by atomic mass is 79.9.